The predicted molar refractivity (Wildman–Crippen MR) is 84.2 cm³/mol. The van der Waals surface area contributed by atoms with Gasteiger partial charge in [0.05, 0.1) is 0 Å². The lowest BCUT2D eigenvalue weighted by atomic mass is 10.1. The van der Waals surface area contributed by atoms with E-state index >= 15 is 0 Å². The number of hydrogen-bond donors (Lipinski definition) is 0. The molecule has 0 aliphatic heterocycles. The molecule has 20 heavy (non-hydrogen) atoms. The van der Waals surface area contributed by atoms with Gasteiger partial charge in [0.25, 0.3) is 0 Å². The molecule has 1 aromatic rings. The van der Waals surface area contributed by atoms with Crippen LogP contribution in [0.1, 0.15) is 32.8 Å². The van der Waals surface area contributed by atoms with E-state index in [1.54, 1.807) is 0 Å². The highest BCUT2D eigenvalue weighted by molar-refractivity contribution is 9.08. The van der Waals surface area contributed by atoms with Crippen LogP contribution in [-0.2, 0) is 14.9 Å². The van der Waals surface area contributed by atoms with Crippen molar-refractivity contribution in [2.45, 2.75) is 38.1 Å². The minimum absolute atomic E-state index is 0.0863. The fraction of sp³-hybridized carbons (Fsp3) is 0.438. The molecule has 0 heterocycles. The van der Waals surface area contributed by atoms with E-state index in [0.717, 1.165) is 17.3 Å². The van der Waals surface area contributed by atoms with Crippen molar-refractivity contribution < 1.29 is 14.3 Å². The maximum absolute atomic E-state index is 11.7. The first-order valence-corrected chi connectivity index (χ1v) is 7.76. The Morgan fingerprint density at radius 3 is 2.50 bits per heavy atom. The molecule has 0 spiro atoms. The standard InChI is InChI=1S/C16H21BrO3/c1-4-5-10-16(2,3)20-15(18)12-19-14-8-6-13(11-17)7-9-14/h5-10H,4,11-12H2,1-3H3. The minimum Gasteiger partial charge on any atom is -0.482 e. The third kappa shape index (κ3) is 6.24. The number of esters is 1. The van der Waals surface area contributed by atoms with E-state index in [2.05, 4.69) is 15.9 Å². The first kappa shape index (κ1) is 16.8. The van der Waals surface area contributed by atoms with Gasteiger partial charge >= 0.3 is 5.97 Å². The lowest BCUT2D eigenvalue weighted by molar-refractivity contribution is -0.154. The lowest BCUT2D eigenvalue weighted by Gasteiger charge is -2.21. The molecule has 0 amide bonds. The Balaban J connectivity index is 2.44. The van der Waals surface area contributed by atoms with E-state index in [4.69, 9.17) is 9.47 Å². The van der Waals surface area contributed by atoms with Crippen molar-refractivity contribution in [1.82, 2.24) is 0 Å². The molecular weight excluding hydrogens is 320 g/mol. The van der Waals surface area contributed by atoms with Gasteiger partial charge in [0.15, 0.2) is 6.61 Å². The summed E-state index contributed by atoms with van der Waals surface area (Å²) in [7, 11) is 0. The molecule has 4 heteroatoms. The Hall–Kier alpha value is -1.29. The van der Waals surface area contributed by atoms with E-state index in [-0.39, 0.29) is 12.6 Å². The molecule has 0 N–H and O–H groups in total. The Labute approximate surface area is 129 Å². The summed E-state index contributed by atoms with van der Waals surface area (Å²) in [6.45, 7) is 5.65. The Bertz CT molecular complexity index is 449. The number of rotatable bonds is 7. The van der Waals surface area contributed by atoms with Crippen LogP contribution in [0.5, 0.6) is 5.75 Å². The molecule has 0 bridgehead atoms. The van der Waals surface area contributed by atoms with Crippen molar-refractivity contribution in [2.24, 2.45) is 0 Å². The summed E-state index contributed by atoms with van der Waals surface area (Å²) in [5.74, 6) is 0.286. The number of allylic oxidation sites excluding steroid dienone is 1. The molecule has 0 aliphatic carbocycles. The number of carbonyl (C=O) groups excluding carboxylic acids is 1. The zero-order valence-electron chi connectivity index (χ0n) is 12.2. The molecule has 0 aromatic heterocycles. The number of ether oxygens (including phenoxy) is 2. The maximum Gasteiger partial charge on any atom is 0.345 e. The van der Waals surface area contributed by atoms with Crippen molar-refractivity contribution >= 4 is 21.9 Å². The molecule has 3 nitrogen and oxygen atoms in total. The molecule has 110 valence electrons. The smallest absolute Gasteiger partial charge is 0.345 e. The molecular formula is C16H21BrO3. The second kappa shape index (κ2) is 8.10. The van der Waals surface area contributed by atoms with E-state index < -0.39 is 5.60 Å². The van der Waals surface area contributed by atoms with Gasteiger partial charge in [-0.1, -0.05) is 41.1 Å². The second-order valence-corrected chi connectivity index (χ2v) is 5.52. The topological polar surface area (TPSA) is 35.5 Å². The monoisotopic (exact) mass is 340 g/mol. The van der Waals surface area contributed by atoms with Crippen LogP contribution >= 0.6 is 15.9 Å². The van der Waals surface area contributed by atoms with Crippen LogP contribution in [0.3, 0.4) is 0 Å². The van der Waals surface area contributed by atoms with Crippen LogP contribution in [0.4, 0.5) is 0 Å². The number of halogens is 1. The van der Waals surface area contributed by atoms with Gasteiger partial charge < -0.3 is 9.47 Å². The van der Waals surface area contributed by atoms with Crippen LogP contribution in [0, 0.1) is 0 Å². The van der Waals surface area contributed by atoms with Crippen LogP contribution in [0.25, 0.3) is 0 Å². The molecule has 0 atom stereocenters. The summed E-state index contributed by atoms with van der Waals surface area (Å²) in [4.78, 5) is 11.7. The van der Waals surface area contributed by atoms with Crippen molar-refractivity contribution in [1.29, 1.82) is 0 Å². The van der Waals surface area contributed by atoms with E-state index in [1.165, 1.54) is 0 Å². The molecule has 1 rings (SSSR count). The zero-order valence-corrected chi connectivity index (χ0v) is 13.8. The minimum atomic E-state index is -0.601. The summed E-state index contributed by atoms with van der Waals surface area (Å²) in [5.41, 5.74) is 0.557. The average molecular weight is 341 g/mol. The molecule has 0 aliphatic rings. The SMILES string of the molecule is CCC=CC(C)(C)OC(=O)COc1ccc(CBr)cc1. The zero-order chi connectivity index (χ0) is 15.0. The normalized spacial score (nSPS) is 11.6. The maximum atomic E-state index is 11.7. The largest absolute Gasteiger partial charge is 0.482 e. The summed E-state index contributed by atoms with van der Waals surface area (Å²) < 4.78 is 10.8. The summed E-state index contributed by atoms with van der Waals surface area (Å²) in [5, 5.41) is 0.799. The van der Waals surface area contributed by atoms with Crippen molar-refractivity contribution in [2.75, 3.05) is 6.61 Å². The highest BCUT2D eigenvalue weighted by Crippen LogP contribution is 2.15. The molecule has 0 saturated carbocycles. The summed E-state index contributed by atoms with van der Waals surface area (Å²) in [6, 6.07) is 7.57. The Morgan fingerprint density at radius 1 is 1.30 bits per heavy atom. The molecule has 1 aromatic carbocycles. The number of alkyl halides is 1. The lowest BCUT2D eigenvalue weighted by Crippen LogP contribution is -2.28. The molecule has 0 saturated heterocycles. The van der Waals surface area contributed by atoms with E-state index in [9.17, 15) is 4.79 Å². The third-order valence-corrected chi connectivity index (χ3v) is 3.21. The quantitative estimate of drug-likeness (QED) is 0.423. The van der Waals surface area contributed by atoms with Gasteiger partial charge in [-0.25, -0.2) is 4.79 Å². The molecule has 0 fully saturated rings. The van der Waals surface area contributed by atoms with Gasteiger partial charge in [-0.15, -0.1) is 0 Å². The fourth-order valence-corrected chi connectivity index (χ4v) is 1.95. The first-order chi connectivity index (χ1) is 9.46. The van der Waals surface area contributed by atoms with E-state index in [1.807, 2.05) is 57.2 Å². The van der Waals surface area contributed by atoms with Gasteiger partial charge in [-0.3, -0.25) is 0 Å². The predicted octanol–water partition coefficient (Wildman–Crippen LogP) is 4.25. The number of carbonyl (C=O) groups is 1. The van der Waals surface area contributed by atoms with Crippen molar-refractivity contribution in [3.05, 3.63) is 42.0 Å². The highest BCUT2D eigenvalue weighted by Gasteiger charge is 2.19. The Morgan fingerprint density at radius 2 is 1.95 bits per heavy atom. The van der Waals surface area contributed by atoms with Gasteiger partial charge in [0, 0.05) is 5.33 Å². The Kier molecular flexibility index (Phi) is 6.79. The molecule has 0 radical (unpaired) electrons. The highest BCUT2D eigenvalue weighted by atomic mass is 79.9. The van der Waals surface area contributed by atoms with Crippen LogP contribution in [0.15, 0.2) is 36.4 Å². The van der Waals surface area contributed by atoms with Crippen LogP contribution in [0.2, 0.25) is 0 Å². The van der Waals surface area contributed by atoms with Crippen molar-refractivity contribution in [3.63, 3.8) is 0 Å². The third-order valence-electron chi connectivity index (χ3n) is 2.57. The average Bonchev–Trinajstić information content (AvgIpc) is 2.43. The fourth-order valence-electron chi connectivity index (χ4n) is 1.58. The number of hydrogen-bond acceptors (Lipinski definition) is 3. The second-order valence-electron chi connectivity index (χ2n) is 4.95. The van der Waals surface area contributed by atoms with Crippen LogP contribution in [-0.4, -0.2) is 18.2 Å². The number of benzene rings is 1. The van der Waals surface area contributed by atoms with E-state index in [0.29, 0.717) is 5.75 Å². The molecule has 0 unspecified atom stereocenters. The van der Waals surface area contributed by atoms with Gasteiger partial charge in [0.2, 0.25) is 0 Å². The van der Waals surface area contributed by atoms with Crippen molar-refractivity contribution in [3.8, 4) is 5.75 Å². The van der Waals surface area contributed by atoms with Gasteiger partial charge in [0.1, 0.15) is 11.4 Å². The van der Waals surface area contributed by atoms with Crippen LogP contribution < -0.4 is 4.74 Å². The van der Waals surface area contributed by atoms with Gasteiger partial charge in [-0.2, -0.15) is 0 Å². The summed E-state index contributed by atoms with van der Waals surface area (Å²) >= 11 is 3.38. The van der Waals surface area contributed by atoms with Gasteiger partial charge in [-0.05, 0) is 44.0 Å². The summed E-state index contributed by atoms with van der Waals surface area (Å²) in [6.07, 6.45) is 4.78. The first-order valence-electron chi connectivity index (χ1n) is 6.64.